The van der Waals surface area contributed by atoms with Gasteiger partial charge in [-0.1, -0.05) is 12.1 Å². The highest BCUT2D eigenvalue weighted by atomic mass is 35.5. The van der Waals surface area contributed by atoms with Crippen LogP contribution in [-0.4, -0.2) is 43.2 Å². The standard InChI is InChI=1S/C14H19N3O3S.ClH/c1-16-9-10-17(11-16)8-7-14(18)12-3-5-13(6-4-12)15-21(2,19)20;/h3-6,9-10,14-15,18H,7-8H2,1-2H3;1H/q+1;/p-1. The molecule has 0 aliphatic carbocycles. The summed E-state index contributed by atoms with van der Waals surface area (Å²) >= 11 is 0. The molecule has 2 N–H and O–H groups in total. The van der Waals surface area contributed by atoms with E-state index in [2.05, 4.69) is 11.4 Å². The Balaban J connectivity index is 0.00000242. The van der Waals surface area contributed by atoms with Crippen LogP contribution in [0, 0.1) is 6.67 Å². The Labute approximate surface area is 137 Å². The van der Waals surface area contributed by atoms with E-state index in [9.17, 15) is 13.5 Å². The topological polar surface area (TPSA) is 72.9 Å². The van der Waals surface area contributed by atoms with Gasteiger partial charge < -0.3 is 17.5 Å². The summed E-state index contributed by atoms with van der Waals surface area (Å²) in [6, 6.07) is 6.72. The van der Waals surface area contributed by atoms with Crippen LogP contribution in [0.5, 0.6) is 0 Å². The van der Waals surface area contributed by atoms with Gasteiger partial charge in [-0.3, -0.25) is 4.72 Å². The maximum atomic E-state index is 11.1. The first kappa shape index (κ1) is 18.5. The van der Waals surface area contributed by atoms with Gasteiger partial charge in [-0.05, 0) is 24.1 Å². The Bertz CT molecular complexity index is 604. The lowest BCUT2D eigenvalue weighted by Crippen LogP contribution is -3.00. The molecule has 1 radical (unpaired) electrons. The van der Waals surface area contributed by atoms with E-state index in [4.69, 9.17) is 0 Å². The fourth-order valence-corrected chi connectivity index (χ4v) is 2.55. The third-order valence-corrected chi connectivity index (χ3v) is 3.61. The number of aliphatic hydroxyl groups is 1. The normalized spacial score (nSPS) is 15.2. The first-order valence-electron chi connectivity index (χ1n) is 6.53. The summed E-state index contributed by atoms with van der Waals surface area (Å²) in [4.78, 5) is 3.70. The second kappa shape index (κ2) is 7.62. The number of aliphatic hydroxyl groups excluding tert-OH is 1. The average Bonchev–Trinajstić information content (AvgIpc) is 2.81. The minimum Gasteiger partial charge on any atom is -1.00 e. The van der Waals surface area contributed by atoms with E-state index >= 15 is 0 Å². The van der Waals surface area contributed by atoms with Crippen molar-refractivity contribution in [3.05, 3.63) is 48.9 Å². The van der Waals surface area contributed by atoms with Crippen LogP contribution in [0.2, 0.25) is 0 Å². The lowest BCUT2D eigenvalue weighted by Gasteiger charge is -2.12. The highest BCUT2D eigenvalue weighted by Crippen LogP contribution is 2.21. The van der Waals surface area contributed by atoms with Crippen LogP contribution in [-0.2, 0) is 10.0 Å². The van der Waals surface area contributed by atoms with Gasteiger partial charge in [-0.2, -0.15) is 0 Å². The number of benzene rings is 1. The molecular formula is C14H19ClN3O3S. The number of sulfonamides is 1. The highest BCUT2D eigenvalue weighted by Gasteiger charge is 2.27. The largest absolute Gasteiger partial charge is 1.00 e. The van der Waals surface area contributed by atoms with E-state index < -0.39 is 16.1 Å². The lowest BCUT2D eigenvalue weighted by molar-refractivity contribution is -0.00000877. The number of rotatable bonds is 6. The molecule has 2 rings (SSSR count). The Hall–Kier alpha value is -1.57. The number of hydrogen-bond donors (Lipinski definition) is 2. The first-order valence-corrected chi connectivity index (χ1v) is 8.42. The van der Waals surface area contributed by atoms with Crippen molar-refractivity contribution in [2.24, 2.45) is 0 Å². The van der Waals surface area contributed by atoms with Gasteiger partial charge in [0.2, 0.25) is 10.0 Å². The molecule has 0 amide bonds. The summed E-state index contributed by atoms with van der Waals surface area (Å²) in [5.74, 6) is 0. The molecule has 0 bridgehead atoms. The molecule has 121 valence electrons. The number of nitrogens with one attached hydrogen (secondary N) is 1. The number of nitrogens with zero attached hydrogens (tertiary/aromatic N) is 2. The van der Waals surface area contributed by atoms with E-state index in [-0.39, 0.29) is 12.4 Å². The van der Waals surface area contributed by atoms with E-state index in [0.29, 0.717) is 18.7 Å². The molecular weight excluding hydrogens is 326 g/mol. The van der Waals surface area contributed by atoms with Crippen molar-refractivity contribution in [3.63, 3.8) is 0 Å². The zero-order valence-electron chi connectivity index (χ0n) is 12.4. The summed E-state index contributed by atoms with van der Waals surface area (Å²) in [5, 5.41) is 10.1. The molecule has 1 atom stereocenters. The van der Waals surface area contributed by atoms with E-state index in [1.54, 1.807) is 24.3 Å². The van der Waals surface area contributed by atoms with Crippen molar-refractivity contribution in [2.45, 2.75) is 12.5 Å². The molecule has 0 saturated carbocycles. The second-order valence-electron chi connectivity index (χ2n) is 5.00. The van der Waals surface area contributed by atoms with Gasteiger partial charge in [0.15, 0.2) is 0 Å². The molecule has 22 heavy (non-hydrogen) atoms. The van der Waals surface area contributed by atoms with Crippen LogP contribution in [0.15, 0.2) is 36.7 Å². The van der Waals surface area contributed by atoms with Gasteiger partial charge in [0.05, 0.1) is 38.4 Å². The molecule has 0 aromatic heterocycles. The van der Waals surface area contributed by atoms with Gasteiger partial charge >= 0.3 is 6.67 Å². The third kappa shape index (κ3) is 5.67. The van der Waals surface area contributed by atoms with Gasteiger partial charge in [0.25, 0.3) is 0 Å². The zero-order valence-corrected chi connectivity index (χ0v) is 14.0. The monoisotopic (exact) mass is 344 g/mol. The Morgan fingerprint density at radius 3 is 2.41 bits per heavy atom. The Morgan fingerprint density at radius 2 is 1.91 bits per heavy atom. The average molecular weight is 345 g/mol. The van der Waals surface area contributed by atoms with Gasteiger partial charge in [-0.25, -0.2) is 8.42 Å². The van der Waals surface area contributed by atoms with E-state index in [1.807, 2.05) is 29.2 Å². The van der Waals surface area contributed by atoms with Crippen LogP contribution >= 0.6 is 0 Å². The van der Waals surface area contributed by atoms with Crippen molar-refractivity contribution < 1.29 is 25.9 Å². The molecule has 1 heterocycles. The van der Waals surface area contributed by atoms with Crippen molar-refractivity contribution in [1.29, 1.82) is 0 Å². The van der Waals surface area contributed by atoms with Crippen LogP contribution in [0.4, 0.5) is 5.69 Å². The molecule has 6 nitrogen and oxygen atoms in total. The zero-order chi connectivity index (χ0) is 15.5. The summed E-state index contributed by atoms with van der Waals surface area (Å²) in [7, 11) is -1.39. The van der Waals surface area contributed by atoms with Crippen LogP contribution in [0.1, 0.15) is 18.1 Å². The number of halogens is 1. The lowest BCUT2D eigenvalue weighted by atomic mass is 10.1. The van der Waals surface area contributed by atoms with Gasteiger partial charge in [0.1, 0.15) is 0 Å². The third-order valence-electron chi connectivity index (χ3n) is 3.00. The molecule has 1 aromatic rings. The van der Waals surface area contributed by atoms with Crippen LogP contribution in [0.25, 0.3) is 0 Å². The van der Waals surface area contributed by atoms with Crippen molar-refractivity contribution in [2.75, 3.05) is 24.6 Å². The van der Waals surface area contributed by atoms with E-state index in [1.165, 1.54) is 0 Å². The summed E-state index contributed by atoms with van der Waals surface area (Å²) in [5.41, 5.74) is 1.24. The molecule has 1 aromatic carbocycles. The maximum absolute atomic E-state index is 11.1. The predicted octanol–water partition coefficient (Wildman–Crippen LogP) is -1.80. The first-order chi connectivity index (χ1) is 9.83. The van der Waals surface area contributed by atoms with Crippen molar-refractivity contribution >= 4 is 15.7 Å². The summed E-state index contributed by atoms with van der Waals surface area (Å²) in [6.45, 7) is 3.72. The van der Waals surface area contributed by atoms with Crippen molar-refractivity contribution in [3.8, 4) is 0 Å². The molecule has 8 heteroatoms. The molecule has 1 unspecified atom stereocenters. The summed E-state index contributed by atoms with van der Waals surface area (Å²) < 4.78 is 24.6. The molecule has 0 saturated heterocycles. The fourth-order valence-electron chi connectivity index (χ4n) is 1.99. The maximum Gasteiger partial charge on any atom is 0.564 e. The smallest absolute Gasteiger partial charge is 0.564 e. The van der Waals surface area contributed by atoms with Crippen molar-refractivity contribution in [1.82, 2.24) is 9.80 Å². The SMILES string of the molecule is CN1[C+]N(CCC(O)c2ccc(NS(C)(=O)=O)cc2)C=C1.[Cl-]. The molecule has 0 fully saturated rings. The Morgan fingerprint density at radius 1 is 1.27 bits per heavy atom. The highest BCUT2D eigenvalue weighted by molar-refractivity contribution is 7.92. The molecule has 1 aliphatic heterocycles. The fraction of sp³-hybridized carbons (Fsp3) is 0.357. The minimum atomic E-state index is -3.28. The summed E-state index contributed by atoms with van der Waals surface area (Å²) in [6.07, 6.45) is 4.84. The number of anilines is 1. The van der Waals surface area contributed by atoms with E-state index in [0.717, 1.165) is 11.8 Å². The second-order valence-corrected chi connectivity index (χ2v) is 6.75. The quantitative estimate of drug-likeness (QED) is 0.596. The minimum absolute atomic E-state index is 0. The predicted molar refractivity (Wildman–Crippen MR) is 81.3 cm³/mol. The Kier molecular flexibility index (Phi) is 6.40. The van der Waals surface area contributed by atoms with Crippen LogP contribution in [0.3, 0.4) is 0 Å². The molecule has 1 aliphatic rings. The number of hydrogen-bond acceptors (Lipinski definition) is 5. The van der Waals surface area contributed by atoms with Gasteiger partial charge in [-0.15, -0.1) is 9.80 Å². The van der Waals surface area contributed by atoms with Gasteiger partial charge in [0, 0.05) is 5.69 Å². The molecule has 0 spiro atoms. The van der Waals surface area contributed by atoms with Crippen LogP contribution < -0.4 is 17.1 Å².